The molecule has 0 spiro atoms. The lowest BCUT2D eigenvalue weighted by atomic mass is 9.93. The van der Waals surface area contributed by atoms with Gasteiger partial charge < -0.3 is 5.32 Å². The van der Waals surface area contributed by atoms with Gasteiger partial charge in [-0.2, -0.15) is 0 Å². The van der Waals surface area contributed by atoms with E-state index in [4.69, 9.17) is 0 Å². The van der Waals surface area contributed by atoms with E-state index in [1.54, 1.807) is 0 Å². The predicted octanol–water partition coefficient (Wildman–Crippen LogP) is 4.78. The minimum Gasteiger partial charge on any atom is -0.310 e. The zero-order valence-electron chi connectivity index (χ0n) is 10.8. The number of benzene rings is 1. The van der Waals surface area contributed by atoms with Gasteiger partial charge in [-0.15, -0.1) is 0 Å². The Balaban J connectivity index is 2.17. The molecule has 0 aromatic heterocycles. The summed E-state index contributed by atoms with van der Waals surface area (Å²) in [6.07, 6.45) is 5.14. The summed E-state index contributed by atoms with van der Waals surface area (Å²) < 4.78 is 1.27. The Morgan fingerprint density at radius 2 is 2.24 bits per heavy atom. The smallest absolute Gasteiger partial charge is 0.0320 e. The second-order valence-electron chi connectivity index (χ2n) is 5.09. The number of hydrogen-bond donors (Lipinski definition) is 1. The van der Waals surface area contributed by atoms with Crippen LogP contribution in [0.15, 0.2) is 22.7 Å². The lowest BCUT2D eigenvalue weighted by molar-refractivity contribution is 0.412. The first-order valence-corrected chi connectivity index (χ1v) is 7.54. The minimum atomic E-state index is 0.561. The topological polar surface area (TPSA) is 12.0 Å². The molecule has 1 heterocycles. The van der Waals surface area contributed by atoms with E-state index in [9.17, 15) is 0 Å². The number of nitrogens with one attached hydrogen (secondary N) is 1. The highest BCUT2D eigenvalue weighted by atomic mass is 79.9. The molecule has 94 valence electrons. The molecule has 1 nitrogen and oxygen atoms in total. The first kappa shape index (κ1) is 13.1. The van der Waals surface area contributed by atoms with Gasteiger partial charge in [0.25, 0.3) is 0 Å². The van der Waals surface area contributed by atoms with Crippen molar-refractivity contribution in [3.63, 3.8) is 0 Å². The quantitative estimate of drug-likeness (QED) is 0.846. The van der Waals surface area contributed by atoms with Gasteiger partial charge >= 0.3 is 0 Å². The minimum absolute atomic E-state index is 0.561. The second kappa shape index (κ2) is 6.01. The molecule has 1 aromatic carbocycles. The first-order chi connectivity index (χ1) is 8.22. The summed E-state index contributed by atoms with van der Waals surface area (Å²) >= 11 is 3.73. The van der Waals surface area contributed by atoms with Crippen molar-refractivity contribution >= 4 is 15.9 Å². The Labute approximate surface area is 113 Å². The van der Waals surface area contributed by atoms with E-state index < -0.39 is 0 Å². The molecule has 0 aliphatic carbocycles. The van der Waals surface area contributed by atoms with E-state index in [0.717, 1.165) is 6.54 Å². The molecule has 1 aliphatic rings. The summed E-state index contributed by atoms with van der Waals surface area (Å²) in [6, 6.07) is 7.47. The fourth-order valence-electron chi connectivity index (χ4n) is 2.52. The van der Waals surface area contributed by atoms with Crippen molar-refractivity contribution in [3.05, 3.63) is 33.8 Å². The fourth-order valence-corrected chi connectivity index (χ4v) is 3.30. The summed E-state index contributed by atoms with van der Waals surface area (Å²) in [5.41, 5.74) is 2.87. The largest absolute Gasteiger partial charge is 0.310 e. The molecule has 1 aromatic rings. The van der Waals surface area contributed by atoms with Crippen LogP contribution < -0.4 is 5.32 Å². The fraction of sp³-hybridized carbons (Fsp3) is 0.600. The molecule has 0 radical (unpaired) electrons. The third-order valence-electron chi connectivity index (χ3n) is 3.88. The molecule has 2 unspecified atom stereocenters. The normalized spacial score (nSPS) is 22.4. The highest BCUT2D eigenvalue weighted by Crippen LogP contribution is 2.31. The van der Waals surface area contributed by atoms with Gasteiger partial charge in [-0.25, -0.2) is 0 Å². The average Bonchev–Trinajstić information content (AvgIpc) is 2.39. The molecule has 2 rings (SSSR count). The number of rotatable bonds is 3. The van der Waals surface area contributed by atoms with Gasteiger partial charge in [0.2, 0.25) is 0 Å². The maximum Gasteiger partial charge on any atom is 0.0320 e. The Morgan fingerprint density at radius 3 is 2.82 bits per heavy atom. The number of piperidine rings is 1. The van der Waals surface area contributed by atoms with Gasteiger partial charge in [0.1, 0.15) is 0 Å². The molecule has 0 amide bonds. The monoisotopic (exact) mass is 295 g/mol. The van der Waals surface area contributed by atoms with Crippen LogP contribution in [0.1, 0.15) is 62.6 Å². The van der Waals surface area contributed by atoms with Crippen molar-refractivity contribution in [2.45, 2.75) is 51.5 Å². The number of hydrogen-bond acceptors (Lipinski definition) is 1. The zero-order valence-corrected chi connectivity index (χ0v) is 12.4. The predicted molar refractivity (Wildman–Crippen MR) is 77.4 cm³/mol. The van der Waals surface area contributed by atoms with Gasteiger partial charge in [-0.05, 0) is 48.9 Å². The summed E-state index contributed by atoms with van der Waals surface area (Å²) in [4.78, 5) is 0. The van der Waals surface area contributed by atoms with E-state index in [0.29, 0.717) is 12.0 Å². The van der Waals surface area contributed by atoms with Crippen LogP contribution in [0.4, 0.5) is 0 Å². The molecule has 0 bridgehead atoms. The molecule has 0 saturated carbocycles. The second-order valence-corrected chi connectivity index (χ2v) is 5.95. The molecule has 1 N–H and O–H groups in total. The maximum absolute atomic E-state index is 3.73. The van der Waals surface area contributed by atoms with Crippen molar-refractivity contribution in [3.8, 4) is 0 Å². The first-order valence-electron chi connectivity index (χ1n) is 6.75. The van der Waals surface area contributed by atoms with Crippen molar-refractivity contribution < 1.29 is 0 Å². The standard InChI is InChI=1S/C15H22BrN/c1-3-11(2)13-8-7-12(10-14(13)16)15-6-4-5-9-17-15/h7-8,10-11,15,17H,3-6,9H2,1-2H3. The van der Waals surface area contributed by atoms with Crippen LogP contribution in [-0.4, -0.2) is 6.54 Å². The van der Waals surface area contributed by atoms with Crippen molar-refractivity contribution in [2.75, 3.05) is 6.54 Å². The van der Waals surface area contributed by atoms with Crippen molar-refractivity contribution in [1.29, 1.82) is 0 Å². The van der Waals surface area contributed by atoms with Gasteiger partial charge in [0.15, 0.2) is 0 Å². The van der Waals surface area contributed by atoms with Crippen LogP contribution in [0.2, 0.25) is 0 Å². The molecule has 1 fully saturated rings. The van der Waals surface area contributed by atoms with Crippen LogP contribution in [0, 0.1) is 0 Å². The van der Waals surface area contributed by atoms with E-state index in [1.165, 1.54) is 41.3 Å². The maximum atomic E-state index is 3.73. The van der Waals surface area contributed by atoms with E-state index >= 15 is 0 Å². The number of halogens is 1. The lowest BCUT2D eigenvalue weighted by Crippen LogP contribution is -2.26. The van der Waals surface area contributed by atoms with Gasteiger partial charge in [0.05, 0.1) is 0 Å². The van der Waals surface area contributed by atoms with Crippen LogP contribution in [0.25, 0.3) is 0 Å². The van der Waals surface area contributed by atoms with Crippen molar-refractivity contribution in [2.24, 2.45) is 0 Å². The SMILES string of the molecule is CCC(C)c1ccc(C2CCCCN2)cc1Br. The van der Waals surface area contributed by atoms with Crippen LogP contribution >= 0.6 is 15.9 Å². The Kier molecular flexibility index (Phi) is 4.63. The summed E-state index contributed by atoms with van der Waals surface area (Å²) in [7, 11) is 0. The molecule has 2 heteroatoms. The van der Waals surface area contributed by atoms with Crippen LogP contribution in [-0.2, 0) is 0 Å². The zero-order chi connectivity index (χ0) is 12.3. The molecule has 1 saturated heterocycles. The van der Waals surface area contributed by atoms with Gasteiger partial charge in [-0.1, -0.05) is 48.3 Å². The molecule has 1 aliphatic heterocycles. The van der Waals surface area contributed by atoms with E-state index in [1.807, 2.05) is 0 Å². The summed E-state index contributed by atoms with van der Waals surface area (Å²) in [5.74, 6) is 0.637. The highest BCUT2D eigenvalue weighted by molar-refractivity contribution is 9.10. The van der Waals surface area contributed by atoms with Crippen LogP contribution in [0.3, 0.4) is 0 Å². The third kappa shape index (κ3) is 3.11. The van der Waals surface area contributed by atoms with E-state index in [2.05, 4.69) is 53.3 Å². The average molecular weight is 296 g/mol. The highest BCUT2D eigenvalue weighted by Gasteiger charge is 2.16. The van der Waals surface area contributed by atoms with Crippen molar-refractivity contribution in [1.82, 2.24) is 5.32 Å². The Morgan fingerprint density at radius 1 is 1.41 bits per heavy atom. The molecule has 2 atom stereocenters. The van der Waals surface area contributed by atoms with Gasteiger partial charge in [0, 0.05) is 10.5 Å². The van der Waals surface area contributed by atoms with E-state index in [-0.39, 0.29) is 0 Å². The lowest BCUT2D eigenvalue weighted by Gasteiger charge is -2.24. The Bertz CT molecular complexity index is 369. The van der Waals surface area contributed by atoms with Crippen LogP contribution in [0.5, 0.6) is 0 Å². The van der Waals surface area contributed by atoms with Gasteiger partial charge in [-0.3, -0.25) is 0 Å². The Hall–Kier alpha value is -0.340. The third-order valence-corrected chi connectivity index (χ3v) is 4.57. The molecule has 17 heavy (non-hydrogen) atoms. The summed E-state index contributed by atoms with van der Waals surface area (Å²) in [5, 5.41) is 3.60. The molecular weight excluding hydrogens is 274 g/mol. The summed E-state index contributed by atoms with van der Waals surface area (Å²) in [6.45, 7) is 5.70. The molecular formula is C15H22BrN.